The highest BCUT2D eigenvalue weighted by atomic mass is 35.5. The zero-order chi connectivity index (χ0) is 37.9. The summed E-state index contributed by atoms with van der Waals surface area (Å²) in [4.78, 5) is 27.5. The second-order valence-corrected chi connectivity index (χ2v) is 14.8. The molecule has 0 bridgehead atoms. The summed E-state index contributed by atoms with van der Waals surface area (Å²) in [7, 11) is 0. The highest BCUT2D eigenvalue weighted by Crippen LogP contribution is 2.40. The molecule has 2 amide bonds. The Hall–Kier alpha value is -4.29. The first-order chi connectivity index (χ1) is 26.2. The molecular formula is C43H51ClN4O6. The van der Waals surface area contributed by atoms with Crippen LogP contribution in [0, 0.1) is 0 Å². The van der Waals surface area contributed by atoms with Gasteiger partial charge in [-0.15, -0.1) is 0 Å². The first kappa shape index (κ1) is 39.4. The number of aliphatic hydroxyl groups is 2. The summed E-state index contributed by atoms with van der Waals surface area (Å²) in [6.45, 7) is 2.10. The number of halogens is 1. The lowest BCUT2D eigenvalue weighted by Gasteiger charge is -2.42. The van der Waals surface area contributed by atoms with Crippen LogP contribution in [0.2, 0.25) is 5.02 Å². The molecule has 0 spiro atoms. The summed E-state index contributed by atoms with van der Waals surface area (Å²) in [5.74, 6) is -0.138. The molecule has 11 heteroatoms. The minimum atomic E-state index is -0.890. The number of carbonyl (C=O) groups is 2. The van der Waals surface area contributed by atoms with E-state index in [1.54, 1.807) is 12.1 Å². The molecule has 4 aromatic carbocycles. The van der Waals surface area contributed by atoms with Crippen molar-refractivity contribution in [2.75, 3.05) is 36.0 Å². The van der Waals surface area contributed by atoms with Gasteiger partial charge in [-0.1, -0.05) is 85.1 Å². The number of carbonyl (C=O) groups excluding carboxylic acids is 2. The number of benzene rings is 4. The molecule has 286 valence electrons. The van der Waals surface area contributed by atoms with E-state index >= 15 is 0 Å². The molecule has 2 heterocycles. The van der Waals surface area contributed by atoms with Gasteiger partial charge in [0.25, 0.3) is 0 Å². The van der Waals surface area contributed by atoms with Crippen molar-refractivity contribution < 1.29 is 29.3 Å². The number of piperidine rings is 1. The lowest BCUT2D eigenvalue weighted by Crippen LogP contribution is -2.46. The minimum absolute atomic E-state index is 0.0276. The number of unbranched alkanes of at least 4 members (excludes halogenated alkanes) is 3. The molecule has 2 saturated heterocycles. The molecule has 4 aromatic rings. The standard InChI is InChI=1S/C43H51ClN4O6/c44-34-20-18-33(19-21-34)43(52)22-24-48(25-23-43)28-36-27-39(31-16-14-30(29-49)15-17-31)54-42(53-36)32-8-7-9-35(26-32)46-40(50)12-3-1-2-4-13-41(51)47-38-11-6-5-10-37(38)45/h5-11,14-21,26,36,39,42,49,52H,1-4,12-13,22-25,27-29,45H2,(H,46,50)(H,47,51)/t36-,39+,42+/m0/s1. The van der Waals surface area contributed by atoms with Crippen LogP contribution in [-0.4, -0.2) is 52.7 Å². The quantitative estimate of drug-likeness (QED) is 0.0609. The fourth-order valence-electron chi connectivity index (χ4n) is 7.21. The van der Waals surface area contributed by atoms with E-state index in [9.17, 15) is 19.8 Å². The maximum absolute atomic E-state index is 12.9. The number of nitrogen functional groups attached to an aromatic ring is 1. The molecule has 0 unspecified atom stereocenters. The Morgan fingerprint density at radius 2 is 1.50 bits per heavy atom. The van der Waals surface area contributed by atoms with Gasteiger partial charge in [0.1, 0.15) is 0 Å². The number of ether oxygens (including phenoxy) is 2. The van der Waals surface area contributed by atoms with E-state index in [0.717, 1.165) is 61.0 Å². The normalized spacial score (nSPS) is 19.9. The van der Waals surface area contributed by atoms with Crippen LogP contribution in [0.3, 0.4) is 0 Å². The van der Waals surface area contributed by atoms with Crippen molar-refractivity contribution in [3.63, 3.8) is 0 Å². The van der Waals surface area contributed by atoms with Crippen LogP contribution in [0.5, 0.6) is 0 Å². The number of para-hydroxylation sites is 2. The van der Waals surface area contributed by atoms with E-state index in [4.69, 9.17) is 26.8 Å². The smallest absolute Gasteiger partial charge is 0.224 e. The topological polar surface area (TPSA) is 146 Å². The van der Waals surface area contributed by atoms with Gasteiger partial charge >= 0.3 is 0 Å². The van der Waals surface area contributed by atoms with E-state index in [-0.39, 0.29) is 30.6 Å². The number of hydrogen-bond donors (Lipinski definition) is 5. The van der Waals surface area contributed by atoms with Crippen LogP contribution in [0.25, 0.3) is 0 Å². The van der Waals surface area contributed by atoms with E-state index in [1.807, 2.05) is 84.9 Å². The lowest BCUT2D eigenvalue weighted by molar-refractivity contribution is -0.253. The number of amides is 2. The summed E-state index contributed by atoms with van der Waals surface area (Å²) in [5.41, 5.74) is 10.4. The largest absolute Gasteiger partial charge is 0.397 e. The summed E-state index contributed by atoms with van der Waals surface area (Å²) in [6, 6.07) is 30.1. The van der Waals surface area contributed by atoms with Crippen molar-refractivity contribution in [2.45, 2.75) is 88.5 Å². The molecule has 3 atom stereocenters. The van der Waals surface area contributed by atoms with Crippen molar-refractivity contribution in [1.29, 1.82) is 0 Å². The number of nitrogens with one attached hydrogen (secondary N) is 2. The minimum Gasteiger partial charge on any atom is -0.397 e. The van der Waals surface area contributed by atoms with E-state index in [2.05, 4.69) is 15.5 Å². The van der Waals surface area contributed by atoms with Gasteiger partial charge in [-0.3, -0.25) is 9.59 Å². The van der Waals surface area contributed by atoms with Crippen LogP contribution >= 0.6 is 11.6 Å². The SMILES string of the molecule is Nc1ccccc1NC(=O)CCCCCCC(=O)Nc1cccc([C@@H]2O[C@H](CN3CCC(O)(c4ccc(Cl)cc4)CC3)C[C@H](c3ccc(CO)cc3)O2)c1. The number of anilines is 3. The van der Waals surface area contributed by atoms with E-state index < -0.39 is 11.9 Å². The lowest BCUT2D eigenvalue weighted by atomic mass is 9.84. The molecule has 2 fully saturated rings. The van der Waals surface area contributed by atoms with Gasteiger partial charge in [0, 0.05) is 55.2 Å². The third-order valence-electron chi connectivity index (χ3n) is 10.4. The van der Waals surface area contributed by atoms with Crippen molar-refractivity contribution in [3.05, 3.63) is 124 Å². The van der Waals surface area contributed by atoms with Crippen LogP contribution in [0.15, 0.2) is 97.1 Å². The molecule has 10 nitrogen and oxygen atoms in total. The number of nitrogens with two attached hydrogens (primary N) is 1. The van der Waals surface area contributed by atoms with Gasteiger partial charge in [-0.05, 0) is 78.8 Å². The van der Waals surface area contributed by atoms with Gasteiger partial charge in [0.15, 0.2) is 6.29 Å². The summed E-state index contributed by atoms with van der Waals surface area (Å²) in [5, 5.41) is 27.6. The maximum atomic E-state index is 12.9. The maximum Gasteiger partial charge on any atom is 0.224 e. The van der Waals surface area contributed by atoms with Gasteiger partial charge in [0.05, 0.1) is 35.8 Å². The number of hydrogen-bond acceptors (Lipinski definition) is 8. The zero-order valence-electron chi connectivity index (χ0n) is 30.6. The van der Waals surface area contributed by atoms with Crippen molar-refractivity contribution >= 4 is 40.5 Å². The van der Waals surface area contributed by atoms with Crippen molar-refractivity contribution in [2.24, 2.45) is 0 Å². The monoisotopic (exact) mass is 754 g/mol. The molecule has 0 saturated carbocycles. The average molecular weight is 755 g/mol. The number of aliphatic hydroxyl groups excluding tert-OH is 1. The average Bonchev–Trinajstić information content (AvgIpc) is 3.18. The highest BCUT2D eigenvalue weighted by Gasteiger charge is 2.37. The van der Waals surface area contributed by atoms with E-state index in [1.165, 1.54) is 0 Å². The van der Waals surface area contributed by atoms with Crippen LogP contribution in [0.4, 0.5) is 17.1 Å². The van der Waals surface area contributed by atoms with Crippen molar-refractivity contribution in [3.8, 4) is 0 Å². The summed E-state index contributed by atoms with van der Waals surface area (Å²) >= 11 is 6.09. The predicted molar refractivity (Wildman–Crippen MR) is 212 cm³/mol. The Labute approximate surface area is 322 Å². The van der Waals surface area contributed by atoms with Crippen LogP contribution in [-0.2, 0) is 31.3 Å². The number of nitrogens with zero attached hydrogens (tertiary/aromatic N) is 1. The predicted octanol–water partition coefficient (Wildman–Crippen LogP) is 7.86. The van der Waals surface area contributed by atoms with Gasteiger partial charge in [0.2, 0.25) is 11.8 Å². The Morgan fingerprint density at radius 1 is 0.815 bits per heavy atom. The van der Waals surface area contributed by atoms with Crippen LogP contribution < -0.4 is 16.4 Å². The molecule has 6 N–H and O–H groups in total. The molecular weight excluding hydrogens is 704 g/mol. The van der Waals surface area contributed by atoms with Gasteiger partial charge < -0.3 is 41.0 Å². The second-order valence-electron chi connectivity index (χ2n) is 14.4. The van der Waals surface area contributed by atoms with E-state index in [0.29, 0.717) is 60.7 Å². The molecule has 2 aliphatic rings. The Bertz CT molecular complexity index is 1830. The molecule has 54 heavy (non-hydrogen) atoms. The third-order valence-corrected chi connectivity index (χ3v) is 10.6. The first-order valence-corrected chi connectivity index (χ1v) is 19.3. The highest BCUT2D eigenvalue weighted by molar-refractivity contribution is 6.30. The number of rotatable bonds is 15. The fourth-order valence-corrected chi connectivity index (χ4v) is 7.34. The zero-order valence-corrected chi connectivity index (χ0v) is 31.3. The van der Waals surface area contributed by atoms with Gasteiger partial charge in [-0.25, -0.2) is 0 Å². The fraction of sp³-hybridized carbons (Fsp3) is 0.395. The molecule has 0 aromatic heterocycles. The third kappa shape index (κ3) is 10.9. The molecule has 2 aliphatic heterocycles. The summed E-state index contributed by atoms with van der Waals surface area (Å²) < 4.78 is 13.2. The number of likely N-dealkylation sites (tertiary alicyclic amines) is 1. The Morgan fingerprint density at radius 3 is 2.19 bits per heavy atom. The Balaban J connectivity index is 1.01. The summed E-state index contributed by atoms with van der Waals surface area (Å²) in [6.07, 6.45) is 4.76. The van der Waals surface area contributed by atoms with Gasteiger partial charge in [-0.2, -0.15) is 0 Å². The van der Waals surface area contributed by atoms with Crippen molar-refractivity contribution in [1.82, 2.24) is 4.90 Å². The van der Waals surface area contributed by atoms with Crippen LogP contribution in [0.1, 0.15) is 92.4 Å². The molecule has 6 rings (SSSR count). The second kappa shape index (κ2) is 18.8. The Kier molecular flexibility index (Phi) is 13.7. The first-order valence-electron chi connectivity index (χ1n) is 18.9. The molecule has 0 radical (unpaired) electrons. The molecule has 0 aliphatic carbocycles.